The van der Waals surface area contributed by atoms with Gasteiger partial charge < -0.3 is 4.42 Å². The molecule has 0 aliphatic heterocycles. The standard InChI is InChI=1S/C48H30N2O/c1-3-11-31(12-4-1)34-16-9-17-38(28-34)44-30-43(33-14-5-2-6-15-33)49-48(50-44)41-19-10-20-46-47(41)42-29-36(24-26-45(42)51-46)35-23-25-40-37(27-35)22-21-32-13-7-8-18-39(32)40/h1-30H. The van der Waals surface area contributed by atoms with Gasteiger partial charge in [0, 0.05) is 27.5 Å². The van der Waals surface area contributed by atoms with E-state index < -0.39 is 0 Å². The largest absolute Gasteiger partial charge is 0.456 e. The zero-order valence-electron chi connectivity index (χ0n) is 27.6. The molecule has 0 atom stereocenters. The van der Waals surface area contributed by atoms with Gasteiger partial charge in [0.05, 0.1) is 11.4 Å². The molecule has 2 heterocycles. The summed E-state index contributed by atoms with van der Waals surface area (Å²) in [6.07, 6.45) is 0. The molecule has 0 aliphatic rings. The number of rotatable bonds is 5. The van der Waals surface area contributed by atoms with Gasteiger partial charge in [0.15, 0.2) is 5.82 Å². The summed E-state index contributed by atoms with van der Waals surface area (Å²) < 4.78 is 6.46. The maximum absolute atomic E-state index is 6.46. The Bertz CT molecular complexity index is 2910. The second-order valence-electron chi connectivity index (χ2n) is 13.0. The van der Waals surface area contributed by atoms with Crippen molar-refractivity contribution >= 4 is 43.5 Å². The van der Waals surface area contributed by atoms with Crippen molar-refractivity contribution in [2.24, 2.45) is 0 Å². The van der Waals surface area contributed by atoms with E-state index in [0.29, 0.717) is 5.82 Å². The molecule has 0 spiro atoms. The van der Waals surface area contributed by atoms with Crippen molar-refractivity contribution in [3.05, 3.63) is 182 Å². The van der Waals surface area contributed by atoms with Crippen LogP contribution in [-0.2, 0) is 0 Å². The van der Waals surface area contributed by atoms with Crippen LogP contribution in [0.3, 0.4) is 0 Å². The van der Waals surface area contributed by atoms with Crippen LogP contribution in [0.5, 0.6) is 0 Å². The second-order valence-corrected chi connectivity index (χ2v) is 13.0. The van der Waals surface area contributed by atoms with E-state index in [1.165, 1.54) is 27.1 Å². The summed E-state index contributed by atoms with van der Waals surface area (Å²) in [7, 11) is 0. The molecule has 10 aromatic rings. The Hall–Kier alpha value is -6.84. The number of nitrogens with zero attached hydrogens (tertiary/aromatic N) is 2. The van der Waals surface area contributed by atoms with Crippen molar-refractivity contribution in [3.63, 3.8) is 0 Å². The summed E-state index contributed by atoms with van der Waals surface area (Å²) in [6, 6.07) is 63.9. The van der Waals surface area contributed by atoms with Crippen LogP contribution < -0.4 is 0 Å². The molecule has 0 aliphatic carbocycles. The maximum Gasteiger partial charge on any atom is 0.161 e. The average molecular weight is 651 g/mol. The van der Waals surface area contributed by atoms with Crippen LogP contribution in [0, 0.1) is 0 Å². The van der Waals surface area contributed by atoms with Crippen molar-refractivity contribution in [1.29, 1.82) is 0 Å². The molecule has 0 amide bonds. The number of hydrogen-bond donors (Lipinski definition) is 0. The van der Waals surface area contributed by atoms with Crippen LogP contribution in [0.15, 0.2) is 186 Å². The Morgan fingerprint density at radius 2 is 0.961 bits per heavy atom. The molecular formula is C48H30N2O. The van der Waals surface area contributed by atoms with E-state index >= 15 is 0 Å². The van der Waals surface area contributed by atoms with Gasteiger partial charge in [0.2, 0.25) is 0 Å². The first-order chi connectivity index (χ1) is 25.2. The lowest BCUT2D eigenvalue weighted by atomic mass is 9.96. The van der Waals surface area contributed by atoms with E-state index in [-0.39, 0.29) is 0 Å². The summed E-state index contributed by atoms with van der Waals surface area (Å²) in [5, 5.41) is 7.05. The summed E-state index contributed by atoms with van der Waals surface area (Å²) in [6.45, 7) is 0. The summed E-state index contributed by atoms with van der Waals surface area (Å²) in [4.78, 5) is 10.5. The van der Waals surface area contributed by atoms with Crippen molar-refractivity contribution in [3.8, 4) is 56.2 Å². The predicted octanol–water partition coefficient (Wildman–Crippen LogP) is 13.0. The molecule has 0 unspecified atom stereocenters. The Morgan fingerprint density at radius 1 is 0.333 bits per heavy atom. The molecule has 0 bridgehead atoms. The minimum absolute atomic E-state index is 0.660. The fourth-order valence-electron chi connectivity index (χ4n) is 7.35. The molecule has 3 heteroatoms. The van der Waals surface area contributed by atoms with E-state index in [9.17, 15) is 0 Å². The fourth-order valence-corrected chi connectivity index (χ4v) is 7.35. The Labute approximate surface area is 295 Å². The maximum atomic E-state index is 6.46. The lowest BCUT2D eigenvalue weighted by molar-refractivity contribution is 0.669. The van der Waals surface area contributed by atoms with Crippen LogP contribution in [0.2, 0.25) is 0 Å². The topological polar surface area (TPSA) is 38.9 Å². The van der Waals surface area contributed by atoms with Crippen LogP contribution in [-0.4, -0.2) is 9.97 Å². The van der Waals surface area contributed by atoms with Crippen LogP contribution >= 0.6 is 0 Å². The SMILES string of the molecule is c1ccc(-c2cccc(-c3cc(-c4ccccc4)nc(-c4cccc5oc6ccc(-c7ccc8c(ccc9ccccc98)c7)cc6c45)n3)c2)cc1. The van der Waals surface area contributed by atoms with Gasteiger partial charge in [-0.2, -0.15) is 0 Å². The van der Waals surface area contributed by atoms with E-state index in [4.69, 9.17) is 14.4 Å². The third-order valence-corrected chi connectivity index (χ3v) is 9.88. The zero-order chi connectivity index (χ0) is 33.7. The normalized spacial score (nSPS) is 11.5. The van der Waals surface area contributed by atoms with Crippen molar-refractivity contribution < 1.29 is 4.42 Å². The van der Waals surface area contributed by atoms with Crippen molar-refractivity contribution in [2.45, 2.75) is 0 Å². The van der Waals surface area contributed by atoms with Gasteiger partial charge in [-0.25, -0.2) is 9.97 Å². The molecular weight excluding hydrogens is 621 g/mol. The summed E-state index contributed by atoms with van der Waals surface area (Å²) >= 11 is 0. The Morgan fingerprint density at radius 3 is 1.82 bits per heavy atom. The Kier molecular flexibility index (Phi) is 6.81. The molecule has 0 radical (unpaired) electrons. The molecule has 51 heavy (non-hydrogen) atoms. The number of benzene rings is 8. The molecule has 0 saturated heterocycles. The molecule has 0 N–H and O–H groups in total. The van der Waals surface area contributed by atoms with Crippen LogP contribution in [0.1, 0.15) is 0 Å². The number of hydrogen-bond acceptors (Lipinski definition) is 3. The van der Waals surface area contributed by atoms with E-state index in [1.54, 1.807) is 0 Å². The first-order valence-electron chi connectivity index (χ1n) is 17.2. The van der Waals surface area contributed by atoms with Gasteiger partial charge in [-0.15, -0.1) is 0 Å². The monoisotopic (exact) mass is 650 g/mol. The molecule has 8 aromatic carbocycles. The van der Waals surface area contributed by atoms with Gasteiger partial charge >= 0.3 is 0 Å². The van der Waals surface area contributed by atoms with Gasteiger partial charge in [-0.3, -0.25) is 0 Å². The van der Waals surface area contributed by atoms with Crippen molar-refractivity contribution in [2.75, 3.05) is 0 Å². The van der Waals surface area contributed by atoms with Crippen LogP contribution in [0.4, 0.5) is 0 Å². The highest BCUT2D eigenvalue weighted by Crippen LogP contribution is 2.40. The highest BCUT2D eigenvalue weighted by atomic mass is 16.3. The van der Waals surface area contributed by atoms with Gasteiger partial charge in [0.1, 0.15) is 11.2 Å². The number of fused-ring (bicyclic) bond motifs is 6. The third-order valence-electron chi connectivity index (χ3n) is 9.88. The zero-order valence-corrected chi connectivity index (χ0v) is 27.6. The first kappa shape index (κ1) is 29.1. The number of furan rings is 1. The molecule has 0 saturated carbocycles. The van der Waals surface area contributed by atoms with Gasteiger partial charge in [0.25, 0.3) is 0 Å². The first-order valence-corrected chi connectivity index (χ1v) is 17.2. The molecule has 3 nitrogen and oxygen atoms in total. The minimum Gasteiger partial charge on any atom is -0.456 e. The predicted molar refractivity (Wildman–Crippen MR) is 212 cm³/mol. The van der Waals surface area contributed by atoms with E-state index in [0.717, 1.165) is 66.7 Å². The third kappa shape index (κ3) is 5.15. The molecule has 10 rings (SSSR count). The lowest BCUT2D eigenvalue weighted by Crippen LogP contribution is -1.96. The van der Waals surface area contributed by atoms with Crippen molar-refractivity contribution in [1.82, 2.24) is 9.97 Å². The summed E-state index contributed by atoms with van der Waals surface area (Å²) in [5.74, 6) is 0.660. The van der Waals surface area contributed by atoms with Gasteiger partial charge in [-0.05, 0) is 80.2 Å². The smallest absolute Gasteiger partial charge is 0.161 e. The van der Waals surface area contributed by atoms with E-state index in [2.05, 4.69) is 146 Å². The average Bonchev–Trinajstić information content (AvgIpc) is 3.59. The molecule has 238 valence electrons. The highest BCUT2D eigenvalue weighted by Gasteiger charge is 2.18. The fraction of sp³-hybridized carbons (Fsp3) is 0. The Balaban J connectivity index is 1.15. The summed E-state index contributed by atoms with van der Waals surface area (Å²) in [5.41, 5.74) is 11.0. The quantitative estimate of drug-likeness (QED) is 0.174. The van der Waals surface area contributed by atoms with Crippen LogP contribution in [0.25, 0.3) is 99.6 Å². The van der Waals surface area contributed by atoms with Gasteiger partial charge in [-0.1, -0.05) is 146 Å². The lowest BCUT2D eigenvalue weighted by Gasteiger charge is -2.11. The minimum atomic E-state index is 0.660. The number of aromatic nitrogens is 2. The highest BCUT2D eigenvalue weighted by molar-refractivity contribution is 6.13. The molecule has 0 fully saturated rings. The van der Waals surface area contributed by atoms with E-state index in [1.807, 2.05) is 36.4 Å². The molecule has 2 aromatic heterocycles. The second kappa shape index (κ2) is 11.9.